The molecule has 0 aliphatic rings. The second kappa shape index (κ2) is 4.44. The van der Waals surface area contributed by atoms with Gasteiger partial charge in [-0.05, 0) is 28.1 Å². The highest BCUT2D eigenvalue weighted by Crippen LogP contribution is 2.21. The summed E-state index contributed by atoms with van der Waals surface area (Å²) in [6, 6.07) is 7.30. The molecule has 0 aliphatic heterocycles. The summed E-state index contributed by atoms with van der Waals surface area (Å²) >= 11 is 3.16. The van der Waals surface area contributed by atoms with Gasteiger partial charge in [0, 0.05) is 12.1 Å². The maximum absolute atomic E-state index is 12.9. The van der Waals surface area contributed by atoms with Crippen LogP contribution in [0.25, 0.3) is 0 Å². The molecule has 16 heavy (non-hydrogen) atoms. The smallest absolute Gasteiger partial charge is 0.325 e. The summed E-state index contributed by atoms with van der Waals surface area (Å²) in [5.41, 5.74) is 5.51. The molecular formula is C10H7BrFN3O. The lowest BCUT2D eigenvalue weighted by Crippen LogP contribution is -1.97. The molecule has 0 fully saturated rings. The number of hydrogen-bond acceptors (Lipinski definition) is 4. The van der Waals surface area contributed by atoms with Gasteiger partial charge < -0.3 is 10.5 Å². The van der Waals surface area contributed by atoms with Crippen LogP contribution >= 0.6 is 15.9 Å². The lowest BCUT2D eigenvalue weighted by atomic mass is 10.3. The van der Waals surface area contributed by atoms with Crippen molar-refractivity contribution in [2.45, 2.75) is 0 Å². The van der Waals surface area contributed by atoms with Crippen LogP contribution in [0.1, 0.15) is 0 Å². The summed E-state index contributed by atoms with van der Waals surface area (Å²) in [7, 11) is 0. The Hall–Kier alpha value is -1.69. The third-order valence-corrected chi connectivity index (χ3v) is 2.11. The average molecular weight is 284 g/mol. The lowest BCUT2D eigenvalue weighted by Gasteiger charge is -2.04. The predicted octanol–water partition coefficient (Wildman–Crippen LogP) is 2.75. The first-order chi connectivity index (χ1) is 7.63. The number of hydrogen-bond donors (Lipinski definition) is 1. The lowest BCUT2D eigenvalue weighted by molar-refractivity contribution is 0.437. The highest BCUT2D eigenvalue weighted by atomic mass is 79.9. The molecule has 82 valence electrons. The van der Waals surface area contributed by atoms with Gasteiger partial charge in [0.05, 0.1) is 0 Å². The number of benzene rings is 1. The van der Waals surface area contributed by atoms with Crippen LogP contribution in [0, 0.1) is 5.82 Å². The molecule has 0 saturated carbocycles. The highest BCUT2D eigenvalue weighted by Gasteiger charge is 2.04. The highest BCUT2D eigenvalue weighted by molar-refractivity contribution is 9.10. The van der Waals surface area contributed by atoms with Gasteiger partial charge in [-0.15, -0.1) is 0 Å². The zero-order chi connectivity index (χ0) is 11.5. The first kappa shape index (κ1) is 10.8. The number of halogens is 2. The molecule has 0 bridgehead atoms. The van der Waals surface area contributed by atoms with E-state index in [1.165, 1.54) is 18.2 Å². The zero-order valence-corrected chi connectivity index (χ0v) is 9.61. The average Bonchev–Trinajstić information content (AvgIpc) is 2.15. The minimum atomic E-state index is -0.388. The van der Waals surface area contributed by atoms with Crippen molar-refractivity contribution in [2.75, 3.05) is 5.73 Å². The summed E-state index contributed by atoms with van der Waals surface area (Å²) in [6.45, 7) is 0. The van der Waals surface area contributed by atoms with E-state index in [-0.39, 0.29) is 17.6 Å². The van der Waals surface area contributed by atoms with E-state index in [0.717, 1.165) is 0 Å². The first-order valence-electron chi connectivity index (χ1n) is 4.37. The Labute approximate surface area is 99.4 Å². The van der Waals surface area contributed by atoms with Gasteiger partial charge in [0.2, 0.25) is 0 Å². The second-order valence-electron chi connectivity index (χ2n) is 2.96. The van der Waals surface area contributed by atoms with Gasteiger partial charge in [-0.1, -0.05) is 6.07 Å². The molecule has 2 N–H and O–H groups in total. The van der Waals surface area contributed by atoms with E-state index in [0.29, 0.717) is 10.4 Å². The summed E-state index contributed by atoms with van der Waals surface area (Å²) < 4.78 is 18.6. The minimum Gasteiger partial charge on any atom is -0.424 e. The Morgan fingerprint density at radius 3 is 2.75 bits per heavy atom. The van der Waals surface area contributed by atoms with Gasteiger partial charge in [0.25, 0.3) is 0 Å². The van der Waals surface area contributed by atoms with Crippen LogP contribution in [0.3, 0.4) is 0 Å². The van der Waals surface area contributed by atoms with Gasteiger partial charge in [-0.2, -0.15) is 9.97 Å². The van der Waals surface area contributed by atoms with Crippen LogP contribution in [0.4, 0.5) is 10.2 Å². The monoisotopic (exact) mass is 283 g/mol. The largest absolute Gasteiger partial charge is 0.424 e. The van der Waals surface area contributed by atoms with Crippen molar-refractivity contribution in [3.8, 4) is 11.8 Å². The molecule has 6 heteroatoms. The van der Waals surface area contributed by atoms with Crippen LogP contribution in [-0.2, 0) is 0 Å². The fourth-order valence-electron chi connectivity index (χ4n) is 1.09. The van der Waals surface area contributed by atoms with Gasteiger partial charge in [-0.3, -0.25) is 0 Å². The zero-order valence-electron chi connectivity index (χ0n) is 8.02. The fraction of sp³-hybridized carbons (Fsp3) is 0. The number of nitrogen functional groups attached to an aromatic ring is 1. The summed E-state index contributed by atoms with van der Waals surface area (Å²) in [5.74, 6) is 0.200. The van der Waals surface area contributed by atoms with Crippen LogP contribution < -0.4 is 10.5 Å². The molecule has 0 amide bonds. The normalized spacial score (nSPS) is 10.1. The molecule has 1 heterocycles. The molecule has 0 saturated heterocycles. The third kappa shape index (κ3) is 2.66. The Morgan fingerprint density at radius 1 is 1.25 bits per heavy atom. The Bertz CT molecular complexity index is 501. The van der Waals surface area contributed by atoms with Gasteiger partial charge in [0.15, 0.2) is 0 Å². The van der Waals surface area contributed by atoms with Crippen LogP contribution in [0.5, 0.6) is 11.8 Å². The molecular weight excluding hydrogens is 277 g/mol. The van der Waals surface area contributed by atoms with E-state index >= 15 is 0 Å². The number of ether oxygens (including phenoxy) is 1. The predicted molar refractivity (Wildman–Crippen MR) is 60.6 cm³/mol. The van der Waals surface area contributed by atoms with Crippen LogP contribution in [0.15, 0.2) is 34.9 Å². The van der Waals surface area contributed by atoms with Crippen molar-refractivity contribution in [1.82, 2.24) is 9.97 Å². The Morgan fingerprint density at radius 2 is 2.06 bits per heavy atom. The summed E-state index contributed by atoms with van der Waals surface area (Å²) in [6.07, 6.45) is 0. The Kier molecular flexibility index (Phi) is 3.00. The molecule has 1 aromatic heterocycles. The molecule has 0 aliphatic carbocycles. The Balaban J connectivity index is 2.27. The third-order valence-electron chi connectivity index (χ3n) is 1.70. The number of nitrogens with zero attached hydrogens (tertiary/aromatic N) is 2. The molecule has 1 aromatic carbocycles. The van der Waals surface area contributed by atoms with Crippen molar-refractivity contribution in [3.63, 3.8) is 0 Å². The SMILES string of the molecule is Nc1cc(Br)nc(Oc2cccc(F)c2)n1. The summed E-state index contributed by atoms with van der Waals surface area (Å²) in [4.78, 5) is 7.79. The summed E-state index contributed by atoms with van der Waals surface area (Å²) in [5, 5.41) is 0. The quantitative estimate of drug-likeness (QED) is 0.861. The number of aromatic nitrogens is 2. The molecule has 2 aromatic rings. The molecule has 0 radical (unpaired) electrons. The van der Waals surface area contributed by atoms with Crippen molar-refractivity contribution >= 4 is 21.7 Å². The van der Waals surface area contributed by atoms with E-state index in [9.17, 15) is 4.39 Å². The van der Waals surface area contributed by atoms with Gasteiger partial charge in [-0.25, -0.2) is 4.39 Å². The second-order valence-corrected chi connectivity index (χ2v) is 3.77. The molecule has 2 rings (SSSR count). The molecule has 4 nitrogen and oxygen atoms in total. The number of nitrogens with two attached hydrogens (primary N) is 1. The van der Waals surface area contributed by atoms with Crippen molar-refractivity contribution in [3.05, 3.63) is 40.8 Å². The fourth-order valence-corrected chi connectivity index (χ4v) is 1.48. The van der Waals surface area contributed by atoms with Crippen LogP contribution in [-0.4, -0.2) is 9.97 Å². The van der Waals surface area contributed by atoms with E-state index in [2.05, 4.69) is 25.9 Å². The maximum Gasteiger partial charge on any atom is 0.325 e. The van der Waals surface area contributed by atoms with Crippen LogP contribution in [0.2, 0.25) is 0 Å². The molecule has 0 atom stereocenters. The number of rotatable bonds is 2. The van der Waals surface area contributed by atoms with E-state index < -0.39 is 0 Å². The first-order valence-corrected chi connectivity index (χ1v) is 5.16. The minimum absolute atomic E-state index is 0.0671. The van der Waals surface area contributed by atoms with E-state index in [4.69, 9.17) is 10.5 Å². The molecule has 0 spiro atoms. The van der Waals surface area contributed by atoms with Gasteiger partial charge in [0.1, 0.15) is 22.0 Å². The van der Waals surface area contributed by atoms with E-state index in [1.807, 2.05) is 0 Å². The van der Waals surface area contributed by atoms with Crippen molar-refractivity contribution in [2.24, 2.45) is 0 Å². The number of anilines is 1. The maximum atomic E-state index is 12.9. The molecule has 0 unspecified atom stereocenters. The van der Waals surface area contributed by atoms with Crippen molar-refractivity contribution in [1.29, 1.82) is 0 Å². The topological polar surface area (TPSA) is 61.0 Å². The standard InChI is InChI=1S/C10H7BrFN3O/c11-8-5-9(13)15-10(14-8)16-7-3-1-2-6(12)4-7/h1-5H,(H2,13,14,15). The van der Waals surface area contributed by atoms with Gasteiger partial charge >= 0.3 is 6.01 Å². The van der Waals surface area contributed by atoms with E-state index in [1.54, 1.807) is 12.1 Å². The van der Waals surface area contributed by atoms with Crippen molar-refractivity contribution < 1.29 is 9.13 Å².